The lowest BCUT2D eigenvalue weighted by atomic mass is 10.0. The van der Waals surface area contributed by atoms with Gasteiger partial charge in [0.15, 0.2) is 0 Å². The van der Waals surface area contributed by atoms with Crippen molar-refractivity contribution in [3.63, 3.8) is 0 Å². The number of nitrogens with zero attached hydrogens (tertiary/aromatic N) is 1. The summed E-state index contributed by atoms with van der Waals surface area (Å²) in [7, 11) is 0. The molecule has 0 bridgehead atoms. The lowest BCUT2D eigenvalue weighted by molar-refractivity contribution is 0.0949. The Kier molecular flexibility index (Phi) is 8.59. The molecule has 0 unspecified atom stereocenters. The number of halogens is 1. The number of nitrogens with one attached hydrogen (secondary N) is 2. The van der Waals surface area contributed by atoms with Gasteiger partial charge in [-0.25, -0.2) is 0 Å². The molecule has 0 aromatic heterocycles. The van der Waals surface area contributed by atoms with Gasteiger partial charge in [0.25, 0.3) is 11.8 Å². The number of carbonyl (C=O) groups is 2. The molecule has 0 atom stereocenters. The minimum Gasteiger partial charge on any atom is -0.348 e. The third-order valence-electron chi connectivity index (χ3n) is 5.38. The highest BCUT2D eigenvalue weighted by molar-refractivity contribution is 9.10. The maximum atomic E-state index is 12.9. The molecule has 5 nitrogen and oxygen atoms in total. The SMILES string of the molecule is CCN(CC)Cc1c(CNC(=O)c2ccccc2)cccc1NC(=O)c1ccc(Br)cc1. The fourth-order valence-electron chi connectivity index (χ4n) is 3.44. The second-order valence-corrected chi connectivity index (χ2v) is 8.33. The molecule has 0 heterocycles. The molecule has 3 aromatic carbocycles. The topological polar surface area (TPSA) is 61.4 Å². The Balaban J connectivity index is 1.84. The van der Waals surface area contributed by atoms with Crippen LogP contribution in [0.4, 0.5) is 5.69 Å². The standard InChI is InChI=1S/C26H28BrN3O2/c1-3-30(4-2)18-23-21(17-28-25(31)19-9-6-5-7-10-19)11-8-12-24(23)29-26(32)20-13-15-22(27)16-14-20/h5-16H,3-4,17-18H2,1-2H3,(H,28,31)(H,29,32). The maximum absolute atomic E-state index is 12.9. The van der Waals surface area contributed by atoms with Gasteiger partial charge in [0.2, 0.25) is 0 Å². The Bertz CT molecular complexity index is 1050. The molecule has 0 aliphatic heterocycles. The van der Waals surface area contributed by atoms with Crippen molar-refractivity contribution in [1.29, 1.82) is 0 Å². The molecule has 6 heteroatoms. The number of benzene rings is 3. The number of carbonyl (C=O) groups excluding carboxylic acids is 2. The average Bonchev–Trinajstić information content (AvgIpc) is 2.82. The molecule has 3 rings (SSSR count). The molecular weight excluding hydrogens is 466 g/mol. The fraction of sp³-hybridized carbons (Fsp3) is 0.231. The van der Waals surface area contributed by atoms with E-state index in [2.05, 4.69) is 45.3 Å². The van der Waals surface area contributed by atoms with Crippen LogP contribution in [0, 0.1) is 0 Å². The first kappa shape index (κ1) is 23.7. The minimum atomic E-state index is -0.163. The van der Waals surface area contributed by atoms with Crippen molar-refractivity contribution in [2.45, 2.75) is 26.9 Å². The highest BCUT2D eigenvalue weighted by Crippen LogP contribution is 2.24. The summed E-state index contributed by atoms with van der Waals surface area (Å²) >= 11 is 3.40. The molecule has 0 spiro atoms. The molecule has 166 valence electrons. The zero-order valence-corrected chi connectivity index (χ0v) is 20.0. The number of hydrogen-bond acceptors (Lipinski definition) is 3. The Hall–Kier alpha value is -2.96. The van der Waals surface area contributed by atoms with Gasteiger partial charge in [-0.3, -0.25) is 14.5 Å². The van der Waals surface area contributed by atoms with Crippen molar-refractivity contribution in [2.24, 2.45) is 0 Å². The summed E-state index contributed by atoms with van der Waals surface area (Å²) in [6.07, 6.45) is 0. The van der Waals surface area contributed by atoms with Crippen LogP contribution in [-0.2, 0) is 13.1 Å². The van der Waals surface area contributed by atoms with Crippen molar-refractivity contribution >= 4 is 33.4 Å². The van der Waals surface area contributed by atoms with E-state index in [4.69, 9.17) is 0 Å². The number of rotatable bonds is 9. The number of hydrogen-bond donors (Lipinski definition) is 2. The highest BCUT2D eigenvalue weighted by atomic mass is 79.9. The molecular formula is C26H28BrN3O2. The van der Waals surface area contributed by atoms with Crippen molar-refractivity contribution < 1.29 is 9.59 Å². The first-order valence-corrected chi connectivity index (χ1v) is 11.5. The average molecular weight is 494 g/mol. The molecule has 0 aliphatic carbocycles. The Morgan fingerprint density at radius 2 is 1.47 bits per heavy atom. The van der Waals surface area contributed by atoms with Crippen LogP contribution in [0.2, 0.25) is 0 Å². The van der Waals surface area contributed by atoms with Crippen molar-refractivity contribution in [3.8, 4) is 0 Å². The van der Waals surface area contributed by atoms with Crippen LogP contribution in [-0.4, -0.2) is 29.8 Å². The highest BCUT2D eigenvalue weighted by Gasteiger charge is 2.15. The van der Waals surface area contributed by atoms with Crippen LogP contribution in [0.3, 0.4) is 0 Å². The zero-order valence-electron chi connectivity index (χ0n) is 18.4. The van der Waals surface area contributed by atoms with E-state index >= 15 is 0 Å². The van der Waals surface area contributed by atoms with E-state index in [1.807, 2.05) is 48.5 Å². The van der Waals surface area contributed by atoms with Crippen LogP contribution in [0.25, 0.3) is 0 Å². The molecule has 3 aromatic rings. The Morgan fingerprint density at radius 1 is 0.812 bits per heavy atom. The van der Waals surface area contributed by atoms with E-state index in [0.29, 0.717) is 24.2 Å². The van der Waals surface area contributed by atoms with Gasteiger partial charge in [-0.05, 0) is 66.7 Å². The molecule has 2 amide bonds. The van der Waals surface area contributed by atoms with Gasteiger partial charge in [0.1, 0.15) is 0 Å². The lowest BCUT2D eigenvalue weighted by Gasteiger charge is -2.23. The summed E-state index contributed by atoms with van der Waals surface area (Å²) in [5, 5.41) is 6.07. The number of anilines is 1. The Labute approximate surface area is 198 Å². The molecule has 0 radical (unpaired) electrons. The smallest absolute Gasteiger partial charge is 0.255 e. The minimum absolute atomic E-state index is 0.122. The first-order valence-electron chi connectivity index (χ1n) is 10.7. The Morgan fingerprint density at radius 3 is 2.12 bits per heavy atom. The molecule has 0 aliphatic rings. The third kappa shape index (κ3) is 6.28. The maximum Gasteiger partial charge on any atom is 0.255 e. The van der Waals surface area contributed by atoms with E-state index in [-0.39, 0.29) is 11.8 Å². The molecule has 0 saturated heterocycles. The van der Waals surface area contributed by atoms with Crippen LogP contribution < -0.4 is 10.6 Å². The van der Waals surface area contributed by atoms with Gasteiger partial charge >= 0.3 is 0 Å². The van der Waals surface area contributed by atoms with Crippen molar-refractivity contribution in [2.75, 3.05) is 18.4 Å². The molecule has 32 heavy (non-hydrogen) atoms. The molecule has 0 fully saturated rings. The lowest BCUT2D eigenvalue weighted by Crippen LogP contribution is -2.27. The predicted molar refractivity (Wildman–Crippen MR) is 133 cm³/mol. The van der Waals surface area contributed by atoms with Gasteiger partial charge in [0.05, 0.1) is 0 Å². The van der Waals surface area contributed by atoms with Gasteiger partial charge in [0, 0.05) is 34.4 Å². The van der Waals surface area contributed by atoms with Gasteiger partial charge in [-0.1, -0.05) is 60.1 Å². The summed E-state index contributed by atoms with van der Waals surface area (Å²) in [5.41, 5.74) is 3.96. The van der Waals surface area contributed by atoms with Crippen molar-refractivity contribution in [1.82, 2.24) is 10.2 Å². The second kappa shape index (κ2) is 11.6. The van der Waals surface area contributed by atoms with Crippen LogP contribution in [0.5, 0.6) is 0 Å². The summed E-state index contributed by atoms with van der Waals surface area (Å²) < 4.78 is 0.924. The van der Waals surface area contributed by atoms with Gasteiger partial charge in [-0.2, -0.15) is 0 Å². The van der Waals surface area contributed by atoms with E-state index in [9.17, 15) is 9.59 Å². The first-order chi connectivity index (χ1) is 15.5. The van der Waals surface area contributed by atoms with E-state index in [1.165, 1.54) is 0 Å². The quantitative estimate of drug-likeness (QED) is 0.415. The van der Waals surface area contributed by atoms with E-state index in [0.717, 1.165) is 34.4 Å². The number of amides is 2. The largest absolute Gasteiger partial charge is 0.348 e. The van der Waals surface area contributed by atoms with E-state index < -0.39 is 0 Å². The molecule has 2 N–H and O–H groups in total. The fourth-order valence-corrected chi connectivity index (χ4v) is 3.70. The predicted octanol–water partition coefficient (Wildman–Crippen LogP) is 5.47. The normalized spacial score (nSPS) is 10.8. The summed E-state index contributed by atoms with van der Waals surface area (Å²) in [6.45, 7) is 7.07. The molecule has 0 saturated carbocycles. The van der Waals surface area contributed by atoms with E-state index in [1.54, 1.807) is 24.3 Å². The van der Waals surface area contributed by atoms with Gasteiger partial charge in [-0.15, -0.1) is 0 Å². The summed E-state index contributed by atoms with van der Waals surface area (Å²) in [6, 6.07) is 22.3. The monoisotopic (exact) mass is 493 g/mol. The van der Waals surface area contributed by atoms with Crippen molar-refractivity contribution in [3.05, 3.63) is 99.5 Å². The third-order valence-corrected chi connectivity index (χ3v) is 5.91. The second-order valence-electron chi connectivity index (χ2n) is 7.41. The van der Waals surface area contributed by atoms with Gasteiger partial charge < -0.3 is 10.6 Å². The van der Waals surface area contributed by atoms with Crippen LogP contribution in [0.15, 0.2) is 77.3 Å². The zero-order chi connectivity index (χ0) is 22.9. The van der Waals surface area contributed by atoms with Crippen LogP contribution in [0.1, 0.15) is 45.7 Å². The van der Waals surface area contributed by atoms with Crippen LogP contribution >= 0.6 is 15.9 Å². The summed E-state index contributed by atoms with van der Waals surface area (Å²) in [5.74, 6) is -0.285. The summed E-state index contributed by atoms with van der Waals surface area (Å²) in [4.78, 5) is 27.7.